The topological polar surface area (TPSA) is 66.9 Å². The first kappa shape index (κ1) is 18.5. The van der Waals surface area contributed by atoms with Crippen molar-refractivity contribution in [3.05, 3.63) is 24.3 Å². The van der Waals surface area contributed by atoms with Crippen LogP contribution in [-0.2, 0) is 14.8 Å². The molecule has 0 unspecified atom stereocenters. The predicted molar refractivity (Wildman–Crippen MR) is 78.8 cm³/mol. The van der Waals surface area contributed by atoms with Crippen molar-refractivity contribution in [1.29, 1.82) is 0 Å². The fraction of sp³-hybridized carbons (Fsp3) is 0.500. The Hall–Kier alpha value is -1.81. The number of benzene rings is 1. The first-order valence-corrected chi connectivity index (χ1v) is 8.71. The lowest BCUT2D eigenvalue weighted by atomic mass is 10.3. The molecule has 1 heterocycles. The number of hydrogen-bond donors (Lipinski definition) is 0. The molecule has 0 aliphatic carbocycles. The maximum Gasteiger partial charge on any atom is 0.573 e. The van der Waals surface area contributed by atoms with Gasteiger partial charge in [0.1, 0.15) is 5.75 Å². The smallest absolute Gasteiger partial charge is 0.406 e. The van der Waals surface area contributed by atoms with Crippen LogP contribution in [0.3, 0.4) is 0 Å². The second-order valence-corrected chi connectivity index (χ2v) is 7.10. The Bertz CT molecular complexity index is 681. The van der Waals surface area contributed by atoms with Crippen LogP contribution >= 0.6 is 0 Å². The van der Waals surface area contributed by atoms with Crippen molar-refractivity contribution in [1.82, 2.24) is 9.21 Å². The number of rotatable bonds is 4. The lowest BCUT2D eigenvalue weighted by Gasteiger charge is -2.33. The average molecular weight is 366 g/mol. The van der Waals surface area contributed by atoms with Crippen LogP contribution < -0.4 is 4.74 Å². The first-order chi connectivity index (χ1) is 11.1. The summed E-state index contributed by atoms with van der Waals surface area (Å²) >= 11 is 0. The van der Waals surface area contributed by atoms with Crippen LogP contribution in [0, 0.1) is 0 Å². The number of sulfonamides is 1. The monoisotopic (exact) mass is 366 g/mol. The van der Waals surface area contributed by atoms with E-state index in [4.69, 9.17) is 0 Å². The number of alkyl halides is 3. The summed E-state index contributed by atoms with van der Waals surface area (Å²) in [6.07, 6.45) is -4.48. The van der Waals surface area contributed by atoms with Gasteiger partial charge in [0.2, 0.25) is 15.9 Å². The number of nitrogens with zero attached hydrogens (tertiary/aromatic N) is 2. The quantitative estimate of drug-likeness (QED) is 0.815. The number of carbonyl (C=O) groups excluding carboxylic acids is 1. The molecule has 0 radical (unpaired) electrons. The van der Waals surface area contributed by atoms with Crippen molar-refractivity contribution in [3.63, 3.8) is 0 Å². The van der Waals surface area contributed by atoms with E-state index in [-0.39, 0.29) is 23.9 Å². The van der Waals surface area contributed by atoms with Crippen molar-refractivity contribution in [2.75, 3.05) is 26.2 Å². The van der Waals surface area contributed by atoms with Crippen molar-refractivity contribution < 1.29 is 31.1 Å². The molecule has 24 heavy (non-hydrogen) atoms. The Morgan fingerprint density at radius 2 is 1.67 bits per heavy atom. The summed E-state index contributed by atoms with van der Waals surface area (Å²) in [6, 6.07) is 4.05. The van der Waals surface area contributed by atoms with Crippen LogP contribution in [-0.4, -0.2) is 56.1 Å². The second kappa shape index (κ2) is 6.98. The minimum Gasteiger partial charge on any atom is -0.406 e. The van der Waals surface area contributed by atoms with Gasteiger partial charge in [-0.25, -0.2) is 8.42 Å². The Balaban J connectivity index is 2.07. The molecule has 10 heteroatoms. The van der Waals surface area contributed by atoms with Crippen molar-refractivity contribution >= 4 is 15.9 Å². The van der Waals surface area contributed by atoms with Crippen molar-refractivity contribution in [2.45, 2.75) is 24.6 Å². The molecule has 1 fully saturated rings. The fourth-order valence-electron chi connectivity index (χ4n) is 2.36. The minimum absolute atomic E-state index is 0.0410. The minimum atomic E-state index is -4.83. The van der Waals surface area contributed by atoms with Crippen LogP contribution in [0.15, 0.2) is 29.2 Å². The molecular formula is C14H17F3N2O4S. The standard InChI is InChI=1S/C14H17F3N2O4S/c1-2-13(20)18-7-9-19(10-8-18)24(21,22)12-5-3-11(4-6-12)23-14(15,16)17/h3-6H,2,7-10H2,1H3. The molecule has 0 atom stereocenters. The number of piperazine rings is 1. The highest BCUT2D eigenvalue weighted by Gasteiger charge is 2.32. The molecule has 6 nitrogen and oxygen atoms in total. The largest absolute Gasteiger partial charge is 0.573 e. The molecule has 0 spiro atoms. The Morgan fingerprint density at radius 3 is 2.12 bits per heavy atom. The molecule has 134 valence electrons. The number of carbonyl (C=O) groups is 1. The Kier molecular flexibility index (Phi) is 5.38. The molecule has 0 bridgehead atoms. The molecule has 1 aromatic rings. The van der Waals surface area contributed by atoms with E-state index in [0.717, 1.165) is 24.3 Å². The van der Waals surface area contributed by atoms with Gasteiger partial charge in [-0.3, -0.25) is 4.79 Å². The molecular weight excluding hydrogens is 349 g/mol. The highest BCUT2D eigenvalue weighted by Crippen LogP contribution is 2.25. The van der Waals surface area contributed by atoms with E-state index in [1.807, 2.05) is 0 Å². The number of hydrogen-bond acceptors (Lipinski definition) is 4. The predicted octanol–water partition coefficient (Wildman–Crippen LogP) is 1.83. The van der Waals surface area contributed by atoms with E-state index in [1.165, 1.54) is 4.31 Å². The SMILES string of the molecule is CCC(=O)N1CCN(S(=O)(=O)c2ccc(OC(F)(F)F)cc2)CC1. The van der Waals surface area contributed by atoms with E-state index in [0.29, 0.717) is 19.5 Å². The zero-order valence-corrected chi connectivity index (χ0v) is 13.7. The zero-order chi connectivity index (χ0) is 18.0. The van der Waals surface area contributed by atoms with Gasteiger partial charge in [0, 0.05) is 32.6 Å². The molecule has 2 rings (SSSR count). The van der Waals surface area contributed by atoms with Crippen molar-refractivity contribution in [2.24, 2.45) is 0 Å². The third-order valence-corrected chi connectivity index (χ3v) is 5.50. The van der Waals surface area contributed by atoms with Crippen molar-refractivity contribution in [3.8, 4) is 5.75 Å². The number of amides is 1. The third kappa shape index (κ3) is 4.38. The Labute approximate surface area is 137 Å². The Morgan fingerprint density at radius 1 is 1.12 bits per heavy atom. The molecule has 1 amide bonds. The van der Waals surface area contributed by atoms with E-state index in [2.05, 4.69) is 4.74 Å². The average Bonchev–Trinajstić information content (AvgIpc) is 2.53. The summed E-state index contributed by atoms with van der Waals surface area (Å²) in [6.45, 7) is 2.61. The highest BCUT2D eigenvalue weighted by atomic mass is 32.2. The van der Waals surface area contributed by atoms with E-state index >= 15 is 0 Å². The fourth-order valence-corrected chi connectivity index (χ4v) is 3.79. The summed E-state index contributed by atoms with van der Waals surface area (Å²) in [5, 5.41) is 0. The van der Waals surface area contributed by atoms with Crippen LogP contribution in [0.5, 0.6) is 5.75 Å². The van der Waals surface area contributed by atoms with Gasteiger partial charge in [0.15, 0.2) is 0 Å². The third-order valence-electron chi connectivity index (χ3n) is 3.59. The van der Waals surface area contributed by atoms with Gasteiger partial charge >= 0.3 is 6.36 Å². The summed E-state index contributed by atoms with van der Waals surface area (Å²) < 4.78 is 66.3. The normalized spacial score (nSPS) is 16.9. The second-order valence-electron chi connectivity index (χ2n) is 5.16. The number of halogens is 3. The molecule has 1 aliphatic rings. The maximum absolute atomic E-state index is 12.5. The maximum atomic E-state index is 12.5. The highest BCUT2D eigenvalue weighted by molar-refractivity contribution is 7.89. The van der Waals surface area contributed by atoms with E-state index < -0.39 is 22.1 Å². The van der Waals surface area contributed by atoms with Crippen LogP contribution in [0.4, 0.5) is 13.2 Å². The summed E-state index contributed by atoms with van der Waals surface area (Å²) in [4.78, 5) is 13.1. The molecule has 1 aliphatic heterocycles. The van der Waals surface area contributed by atoms with Gasteiger partial charge in [-0.2, -0.15) is 4.31 Å². The summed E-state index contributed by atoms with van der Waals surface area (Å²) in [5.41, 5.74) is 0. The van der Waals surface area contributed by atoms with Gasteiger partial charge in [-0.1, -0.05) is 6.92 Å². The molecule has 0 aromatic heterocycles. The molecule has 1 aromatic carbocycles. The van der Waals surface area contributed by atoms with Crippen LogP contribution in [0.1, 0.15) is 13.3 Å². The van der Waals surface area contributed by atoms with Crippen LogP contribution in [0.2, 0.25) is 0 Å². The summed E-state index contributed by atoms with van der Waals surface area (Å²) in [7, 11) is -3.82. The number of ether oxygens (including phenoxy) is 1. The lowest BCUT2D eigenvalue weighted by Crippen LogP contribution is -2.50. The molecule has 0 saturated carbocycles. The van der Waals surface area contributed by atoms with E-state index in [9.17, 15) is 26.4 Å². The molecule has 0 N–H and O–H groups in total. The summed E-state index contributed by atoms with van der Waals surface area (Å²) in [5.74, 6) is -0.527. The van der Waals surface area contributed by atoms with Crippen LogP contribution in [0.25, 0.3) is 0 Å². The molecule has 1 saturated heterocycles. The van der Waals surface area contributed by atoms with Gasteiger partial charge in [-0.05, 0) is 24.3 Å². The van der Waals surface area contributed by atoms with Gasteiger partial charge in [-0.15, -0.1) is 13.2 Å². The zero-order valence-electron chi connectivity index (χ0n) is 12.9. The first-order valence-electron chi connectivity index (χ1n) is 7.27. The lowest BCUT2D eigenvalue weighted by molar-refractivity contribution is -0.274. The van der Waals surface area contributed by atoms with Gasteiger partial charge in [0.05, 0.1) is 4.90 Å². The van der Waals surface area contributed by atoms with Gasteiger partial charge in [0.25, 0.3) is 0 Å². The van der Waals surface area contributed by atoms with E-state index in [1.54, 1.807) is 11.8 Å². The van der Waals surface area contributed by atoms with Gasteiger partial charge < -0.3 is 9.64 Å².